The van der Waals surface area contributed by atoms with Crippen molar-refractivity contribution in [2.24, 2.45) is 0 Å². The number of hydrogen-bond donors (Lipinski definition) is 1. The van der Waals surface area contributed by atoms with Gasteiger partial charge in [0, 0.05) is 31.1 Å². The zero-order valence-corrected chi connectivity index (χ0v) is 12.6. The molecule has 1 fully saturated rings. The number of alkyl halides is 3. The number of anilines is 1. The minimum Gasteiger partial charge on any atom is -0.375 e. The fraction of sp³-hybridized carbons (Fsp3) is 0.429. The van der Waals surface area contributed by atoms with E-state index in [0.29, 0.717) is 6.20 Å². The van der Waals surface area contributed by atoms with Gasteiger partial charge in [-0.2, -0.15) is 13.2 Å². The van der Waals surface area contributed by atoms with Crippen LogP contribution in [0.25, 0.3) is 0 Å². The summed E-state index contributed by atoms with van der Waals surface area (Å²) in [6.07, 6.45) is -0.330. The Balaban J connectivity index is 2.07. The fourth-order valence-corrected chi connectivity index (χ4v) is 2.40. The Kier molecular flexibility index (Phi) is 4.95. The summed E-state index contributed by atoms with van der Waals surface area (Å²) in [5, 5.41) is 2.14. The number of nitrogens with zero attached hydrogens (tertiary/aromatic N) is 2. The van der Waals surface area contributed by atoms with Crippen molar-refractivity contribution in [2.45, 2.75) is 25.9 Å². The molecule has 4 nitrogen and oxygen atoms in total. The maximum atomic E-state index is 12.5. The van der Waals surface area contributed by atoms with Crippen molar-refractivity contribution in [3.05, 3.63) is 34.6 Å². The Bertz CT molecular complexity index is 595. The number of halogens is 4. The van der Waals surface area contributed by atoms with Gasteiger partial charge in [0.05, 0.1) is 10.6 Å². The van der Waals surface area contributed by atoms with Crippen LogP contribution in [0.3, 0.4) is 0 Å². The van der Waals surface area contributed by atoms with Gasteiger partial charge in [-0.25, -0.2) is 4.98 Å². The highest BCUT2D eigenvalue weighted by atomic mass is 35.5. The van der Waals surface area contributed by atoms with Crippen LogP contribution in [0.4, 0.5) is 19.0 Å². The van der Waals surface area contributed by atoms with Crippen molar-refractivity contribution in [1.82, 2.24) is 9.88 Å². The van der Waals surface area contributed by atoms with E-state index >= 15 is 0 Å². The fourth-order valence-electron chi connectivity index (χ4n) is 2.19. The second kappa shape index (κ2) is 6.56. The number of carbonyl (C=O) groups excluding carboxylic acids is 1. The third-order valence-corrected chi connectivity index (χ3v) is 3.64. The van der Waals surface area contributed by atoms with Crippen molar-refractivity contribution in [3.8, 4) is 0 Å². The lowest BCUT2D eigenvalue weighted by molar-refractivity contribution is -0.137. The number of allylic oxidation sites excluding steroid dienone is 1. The average molecular weight is 334 g/mol. The van der Waals surface area contributed by atoms with E-state index in [1.165, 1.54) is 6.08 Å². The molecule has 0 unspecified atom stereocenters. The molecule has 2 rings (SSSR count). The van der Waals surface area contributed by atoms with Crippen LogP contribution in [-0.2, 0) is 11.0 Å². The van der Waals surface area contributed by atoms with Gasteiger partial charge in [0.15, 0.2) is 5.82 Å². The summed E-state index contributed by atoms with van der Waals surface area (Å²) in [6, 6.07) is 0.737. The smallest absolute Gasteiger partial charge is 0.375 e. The van der Waals surface area contributed by atoms with E-state index in [2.05, 4.69) is 15.2 Å². The number of nitrogens with one attached hydrogen (secondary N) is 1. The summed E-state index contributed by atoms with van der Waals surface area (Å²) in [5.41, 5.74) is -0.155. The summed E-state index contributed by atoms with van der Waals surface area (Å²) in [4.78, 5) is 17.5. The van der Waals surface area contributed by atoms with Crippen LogP contribution in [0, 0.1) is 0 Å². The first-order chi connectivity index (χ1) is 10.3. The molecule has 1 aliphatic heterocycles. The number of aromatic nitrogens is 1. The van der Waals surface area contributed by atoms with Gasteiger partial charge in [-0.3, -0.25) is 4.79 Å². The van der Waals surface area contributed by atoms with Gasteiger partial charge >= 0.3 is 6.18 Å². The largest absolute Gasteiger partial charge is 0.417 e. The van der Waals surface area contributed by atoms with Crippen molar-refractivity contribution in [3.63, 3.8) is 0 Å². The maximum absolute atomic E-state index is 12.5. The standard InChI is InChI=1S/C14H15ClF3N3O/c1-9(21-4-2-3-5-21)6-12(22)20-13-11(15)7-10(8-19-13)14(16,17)18/h6-8H,2-5H2,1H3,(H,19,20,22). The molecule has 1 N–H and O–H groups in total. The molecule has 1 aliphatic rings. The van der Waals surface area contributed by atoms with E-state index < -0.39 is 17.6 Å². The highest BCUT2D eigenvalue weighted by Gasteiger charge is 2.31. The van der Waals surface area contributed by atoms with E-state index in [1.807, 2.05) is 6.92 Å². The predicted molar refractivity (Wildman–Crippen MR) is 77.4 cm³/mol. The molecule has 0 aliphatic carbocycles. The van der Waals surface area contributed by atoms with E-state index in [9.17, 15) is 18.0 Å². The summed E-state index contributed by atoms with van der Waals surface area (Å²) < 4.78 is 37.5. The molecule has 0 atom stereocenters. The lowest BCUT2D eigenvalue weighted by Crippen LogP contribution is -2.19. The summed E-state index contributed by atoms with van der Waals surface area (Å²) >= 11 is 5.73. The van der Waals surface area contributed by atoms with Gasteiger partial charge in [0.25, 0.3) is 5.91 Å². The molecule has 0 radical (unpaired) electrons. The molecular formula is C14H15ClF3N3O. The first-order valence-electron chi connectivity index (χ1n) is 6.74. The molecule has 0 saturated carbocycles. The van der Waals surface area contributed by atoms with E-state index in [-0.39, 0.29) is 10.8 Å². The van der Waals surface area contributed by atoms with Crippen molar-refractivity contribution >= 4 is 23.3 Å². The zero-order valence-electron chi connectivity index (χ0n) is 11.9. The monoisotopic (exact) mass is 333 g/mol. The van der Waals surface area contributed by atoms with Crippen molar-refractivity contribution in [1.29, 1.82) is 0 Å². The number of carbonyl (C=O) groups is 1. The first-order valence-corrected chi connectivity index (χ1v) is 7.12. The predicted octanol–water partition coefficient (Wildman–Crippen LogP) is 3.69. The van der Waals surface area contributed by atoms with E-state index in [0.717, 1.165) is 37.7 Å². The Morgan fingerprint density at radius 1 is 1.41 bits per heavy atom. The second-order valence-electron chi connectivity index (χ2n) is 5.02. The van der Waals surface area contributed by atoms with Crippen LogP contribution in [0.15, 0.2) is 24.0 Å². The number of likely N-dealkylation sites (tertiary alicyclic amines) is 1. The van der Waals surface area contributed by atoms with Gasteiger partial charge in [-0.1, -0.05) is 11.6 Å². The number of amides is 1. The average Bonchev–Trinajstić information content (AvgIpc) is 2.93. The Hall–Kier alpha value is -1.76. The molecule has 8 heteroatoms. The van der Waals surface area contributed by atoms with Crippen molar-refractivity contribution < 1.29 is 18.0 Å². The SMILES string of the molecule is CC(=CC(=O)Nc1ncc(C(F)(F)F)cc1Cl)N1CCCC1. The highest BCUT2D eigenvalue weighted by Crippen LogP contribution is 2.32. The van der Waals surface area contributed by atoms with Crippen molar-refractivity contribution in [2.75, 3.05) is 18.4 Å². The number of rotatable bonds is 3. The molecule has 0 aromatic carbocycles. The molecule has 1 aromatic heterocycles. The van der Waals surface area contributed by atoms with Gasteiger partial charge in [0.2, 0.25) is 0 Å². The number of pyridine rings is 1. The van der Waals surface area contributed by atoms with Gasteiger partial charge < -0.3 is 10.2 Å². The highest BCUT2D eigenvalue weighted by molar-refractivity contribution is 6.33. The molecule has 2 heterocycles. The second-order valence-corrected chi connectivity index (χ2v) is 5.43. The molecule has 1 amide bonds. The van der Waals surface area contributed by atoms with Crippen LogP contribution in [0.2, 0.25) is 5.02 Å². The third kappa shape index (κ3) is 4.13. The minimum atomic E-state index is -4.52. The van der Waals surface area contributed by atoms with E-state index in [4.69, 9.17) is 11.6 Å². The van der Waals surface area contributed by atoms with Crippen LogP contribution in [0.5, 0.6) is 0 Å². The van der Waals surface area contributed by atoms with Gasteiger partial charge in [-0.15, -0.1) is 0 Å². The molecule has 1 aromatic rings. The topological polar surface area (TPSA) is 45.2 Å². The van der Waals surface area contributed by atoms with Gasteiger partial charge in [0.1, 0.15) is 0 Å². The Morgan fingerprint density at radius 3 is 2.59 bits per heavy atom. The molecule has 120 valence electrons. The minimum absolute atomic E-state index is 0.0925. The van der Waals surface area contributed by atoms with Crippen LogP contribution < -0.4 is 5.32 Å². The van der Waals surface area contributed by atoms with Gasteiger partial charge in [-0.05, 0) is 25.8 Å². The Morgan fingerprint density at radius 2 is 2.05 bits per heavy atom. The summed E-state index contributed by atoms with van der Waals surface area (Å²) in [7, 11) is 0. The lowest BCUT2D eigenvalue weighted by Gasteiger charge is -2.17. The lowest BCUT2D eigenvalue weighted by atomic mass is 10.2. The third-order valence-electron chi connectivity index (χ3n) is 3.35. The first kappa shape index (κ1) is 16.6. The molecular weight excluding hydrogens is 319 g/mol. The molecule has 1 saturated heterocycles. The maximum Gasteiger partial charge on any atom is 0.417 e. The summed E-state index contributed by atoms with van der Waals surface area (Å²) in [5.74, 6) is -0.566. The molecule has 22 heavy (non-hydrogen) atoms. The Labute approximate surface area is 131 Å². The molecule has 0 bridgehead atoms. The zero-order chi connectivity index (χ0) is 16.3. The van der Waals surface area contributed by atoms with Crippen LogP contribution in [0.1, 0.15) is 25.3 Å². The quantitative estimate of drug-likeness (QED) is 0.858. The number of hydrogen-bond acceptors (Lipinski definition) is 3. The normalized spacial score (nSPS) is 16.0. The summed E-state index contributed by atoms with van der Waals surface area (Å²) in [6.45, 7) is 3.61. The van der Waals surface area contributed by atoms with E-state index in [1.54, 1.807) is 0 Å². The van der Waals surface area contributed by atoms with Crippen LogP contribution >= 0.6 is 11.6 Å². The molecule has 0 spiro atoms. The van der Waals surface area contributed by atoms with Crippen LogP contribution in [-0.4, -0.2) is 28.9 Å².